The van der Waals surface area contributed by atoms with Crippen LogP contribution in [-0.4, -0.2) is 16.9 Å². The molecule has 23 heavy (non-hydrogen) atoms. The Labute approximate surface area is 139 Å². The quantitative estimate of drug-likeness (QED) is 0.637. The number of pyridine rings is 1. The first kappa shape index (κ1) is 15.6. The third-order valence-corrected chi connectivity index (χ3v) is 3.69. The Morgan fingerprint density at radius 3 is 2.87 bits per heavy atom. The minimum absolute atomic E-state index is 0.0427. The van der Waals surface area contributed by atoms with E-state index in [2.05, 4.69) is 4.98 Å². The van der Waals surface area contributed by atoms with Gasteiger partial charge in [-0.2, -0.15) is 0 Å². The van der Waals surface area contributed by atoms with Gasteiger partial charge in [0.1, 0.15) is 11.3 Å². The van der Waals surface area contributed by atoms with Crippen molar-refractivity contribution in [3.63, 3.8) is 0 Å². The number of benzene rings is 1. The van der Waals surface area contributed by atoms with Crippen LogP contribution in [0, 0.1) is 0 Å². The molecule has 0 N–H and O–H groups in total. The molecule has 0 bridgehead atoms. The number of fused-ring (bicyclic) bond motifs is 1. The molecule has 118 valence electrons. The molecule has 3 aromatic rings. The van der Waals surface area contributed by atoms with Crippen LogP contribution < -0.4 is 4.74 Å². The maximum atomic E-state index is 12.3. The Morgan fingerprint density at radius 2 is 2.17 bits per heavy atom. The fourth-order valence-corrected chi connectivity index (χ4v) is 2.71. The topological polar surface area (TPSA) is 52.3 Å². The van der Waals surface area contributed by atoms with Gasteiger partial charge in [-0.1, -0.05) is 11.6 Å². The van der Waals surface area contributed by atoms with Gasteiger partial charge in [-0.15, -0.1) is 0 Å². The number of furan rings is 1. The summed E-state index contributed by atoms with van der Waals surface area (Å²) < 4.78 is 11.1. The van der Waals surface area contributed by atoms with Crippen LogP contribution in [0.4, 0.5) is 0 Å². The van der Waals surface area contributed by atoms with E-state index < -0.39 is 0 Å². The second-order valence-electron chi connectivity index (χ2n) is 5.49. The van der Waals surface area contributed by atoms with Crippen LogP contribution in [0.5, 0.6) is 5.75 Å². The fraction of sp³-hybridized carbons (Fsp3) is 0.222. The second-order valence-corrected chi connectivity index (χ2v) is 5.90. The Morgan fingerprint density at radius 1 is 1.35 bits per heavy atom. The largest absolute Gasteiger partial charge is 0.488 e. The minimum atomic E-state index is -0.130. The molecule has 3 rings (SSSR count). The normalized spacial score (nSPS) is 11.1. The van der Waals surface area contributed by atoms with E-state index in [4.69, 9.17) is 20.8 Å². The number of aromatic nitrogens is 1. The molecule has 5 heteroatoms. The number of ketones is 1. The van der Waals surface area contributed by atoms with Crippen molar-refractivity contribution in [2.24, 2.45) is 0 Å². The number of nitrogens with zero attached hydrogens (tertiary/aromatic N) is 1. The van der Waals surface area contributed by atoms with Gasteiger partial charge in [-0.3, -0.25) is 9.78 Å². The lowest BCUT2D eigenvalue weighted by Gasteiger charge is -2.16. The molecule has 0 aliphatic rings. The van der Waals surface area contributed by atoms with Crippen LogP contribution in [-0.2, 0) is 6.42 Å². The molecule has 0 aliphatic carbocycles. The number of hydrogen-bond acceptors (Lipinski definition) is 4. The van der Waals surface area contributed by atoms with E-state index in [0.29, 0.717) is 27.6 Å². The molecule has 0 fully saturated rings. The predicted molar refractivity (Wildman–Crippen MR) is 89.3 cm³/mol. The van der Waals surface area contributed by atoms with E-state index in [1.54, 1.807) is 24.4 Å². The van der Waals surface area contributed by atoms with Crippen molar-refractivity contribution in [3.05, 3.63) is 59.1 Å². The van der Waals surface area contributed by atoms with E-state index in [-0.39, 0.29) is 18.3 Å². The number of hydrogen-bond donors (Lipinski definition) is 0. The van der Waals surface area contributed by atoms with Gasteiger partial charge in [0, 0.05) is 23.6 Å². The lowest BCUT2D eigenvalue weighted by atomic mass is 10.0. The van der Waals surface area contributed by atoms with Crippen molar-refractivity contribution in [3.8, 4) is 5.75 Å². The van der Waals surface area contributed by atoms with Gasteiger partial charge < -0.3 is 9.15 Å². The zero-order chi connectivity index (χ0) is 16.4. The number of ether oxygens (including phenoxy) is 1. The van der Waals surface area contributed by atoms with Gasteiger partial charge in [0.25, 0.3) is 0 Å². The molecular formula is C18H16ClNO3. The van der Waals surface area contributed by atoms with Crippen LogP contribution in [0.15, 0.2) is 47.2 Å². The molecule has 0 amide bonds. The molecule has 0 spiro atoms. The molecule has 1 aromatic carbocycles. The molecule has 0 atom stereocenters. The molecule has 2 aromatic heterocycles. The number of rotatable bonds is 5. The summed E-state index contributed by atoms with van der Waals surface area (Å²) in [6, 6.07) is 8.81. The minimum Gasteiger partial charge on any atom is -0.488 e. The van der Waals surface area contributed by atoms with Gasteiger partial charge in [-0.05, 0) is 44.2 Å². The lowest BCUT2D eigenvalue weighted by Crippen LogP contribution is -2.11. The van der Waals surface area contributed by atoms with Crippen LogP contribution in [0.25, 0.3) is 10.9 Å². The van der Waals surface area contributed by atoms with Crippen molar-refractivity contribution < 1.29 is 13.9 Å². The van der Waals surface area contributed by atoms with Gasteiger partial charge in [0.2, 0.25) is 5.78 Å². The number of halogens is 1. The van der Waals surface area contributed by atoms with E-state index >= 15 is 0 Å². The third-order valence-electron chi connectivity index (χ3n) is 3.37. The van der Waals surface area contributed by atoms with Crippen LogP contribution >= 0.6 is 11.6 Å². The van der Waals surface area contributed by atoms with Crippen molar-refractivity contribution in [2.45, 2.75) is 26.4 Å². The number of carbonyl (C=O) groups excluding carboxylic acids is 1. The molecule has 0 saturated heterocycles. The van der Waals surface area contributed by atoms with Gasteiger partial charge in [-0.25, -0.2) is 0 Å². The van der Waals surface area contributed by atoms with Crippen molar-refractivity contribution >= 4 is 28.3 Å². The first-order chi connectivity index (χ1) is 11.1. The smallest absolute Gasteiger partial charge is 0.202 e. The Bertz CT molecular complexity index is 841. The van der Waals surface area contributed by atoms with Crippen LogP contribution in [0.3, 0.4) is 0 Å². The highest BCUT2D eigenvalue weighted by Crippen LogP contribution is 2.35. The summed E-state index contributed by atoms with van der Waals surface area (Å²) in [7, 11) is 0. The summed E-state index contributed by atoms with van der Waals surface area (Å²) in [5, 5.41) is 1.35. The highest BCUT2D eigenvalue weighted by Gasteiger charge is 2.19. The predicted octanol–water partition coefficient (Wildman–Crippen LogP) is 4.69. The van der Waals surface area contributed by atoms with E-state index in [9.17, 15) is 4.79 Å². The summed E-state index contributed by atoms with van der Waals surface area (Å²) in [6.45, 7) is 3.86. The maximum Gasteiger partial charge on any atom is 0.202 e. The maximum absolute atomic E-state index is 12.3. The summed E-state index contributed by atoms with van der Waals surface area (Å²) in [4.78, 5) is 16.7. The van der Waals surface area contributed by atoms with Crippen LogP contribution in [0.1, 0.15) is 30.0 Å². The Hall–Kier alpha value is -2.33. The molecule has 4 nitrogen and oxygen atoms in total. The Balaban J connectivity index is 2.09. The van der Waals surface area contributed by atoms with E-state index in [1.807, 2.05) is 26.0 Å². The zero-order valence-electron chi connectivity index (χ0n) is 12.9. The fourth-order valence-electron chi connectivity index (χ4n) is 2.42. The average Bonchev–Trinajstić information content (AvgIpc) is 3.05. The van der Waals surface area contributed by atoms with Crippen molar-refractivity contribution in [2.75, 3.05) is 0 Å². The molecule has 0 radical (unpaired) electrons. The molecular weight excluding hydrogens is 314 g/mol. The number of Topliss-reactive ketones (excluding diaryl/α,β-unsaturated/α-hetero) is 1. The van der Waals surface area contributed by atoms with Gasteiger partial charge in [0.05, 0.1) is 17.4 Å². The second kappa shape index (κ2) is 6.42. The highest BCUT2D eigenvalue weighted by molar-refractivity contribution is 6.35. The first-order valence-electron chi connectivity index (χ1n) is 7.35. The monoisotopic (exact) mass is 329 g/mol. The number of carbonyl (C=O) groups is 1. The standard InChI is InChI=1S/C18H16ClNO3/c1-11(2)23-18-12(10-15(21)16-6-4-8-22-16)9-14(19)13-5-3-7-20-17(13)18/h3-9,11H,10H2,1-2H3. The van der Waals surface area contributed by atoms with Gasteiger partial charge >= 0.3 is 0 Å². The van der Waals surface area contributed by atoms with E-state index in [0.717, 1.165) is 5.39 Å². The lowest BCUT2D eigenvalue weighted by molar-refractivity contribution is 0.0964. The summed E-state index contributed by atoms with van der Waals surface area (Å²) in [6.07, 6.45) is 3.26. The third kappa shape index (κ3) is 3.22. The molecule has 2 heterocycles. The zero-order valence-corrected chi connectivity index (χ0v) is 13.6. The molecule has 0 unspecified atom stereocenters. The van der Waals surface area contributed by atoms with Gasteiger partial charge in [0.15, 0.2) is 5.76 Å². The highest BCUT2D eigenvalue weighted by atomic mass is 35.5. The molecule has 0 aliphatic heterocycles. The SMILES string of the molecule is CC(C)Oc1c(CC(=O)c2ccco2)cc(Cl)c2cccnc12. The summed E-state index contributed by atoms with van der Waals surface area (Å²) >= 11 is 6.35. The van der Waals surface area contributed by atoms with Crippen LogP contribution in [0.2, 0.25) is 5.02 Å². The Kier molecular flexibility index (Phi) is 4.35. The van der Waals surface area contributed by atoms with Crippen molar-refractivity contribution in [1.29, 1.82) is 0 Å². The first-order valence-corrected chi connectivity index (χ1v) is 7.73. The van der Waals surface area contributed by atoms with Crippen molar-refractivity contribution in [1.82, 2.24) is 4.98 Å². The molecule has 0 saturated carbocycles. The van der Waals surface area contributed by atoms with E-state index in [1.165, 1.54) is 6.26 Å². The average molecular weight is 330 g/mol. The summed E-state index contributed by atoms with van der Waals surface area (Å²) in [5.74, 6) is 0.785. The summed E-state index contributed by atoms with van der Waals surface area (Å²) in [5.41, 5.74) is 1.37.